The number of alkyl halides is 3. The minimum atomic E-state index is -4.73. The summed E-state index contributed by atoms with van der Waals surface area (Å²) in [6.07, 6.45) is -4.73. The Balaban J connectivity index is 1.81. The molecule has 0 atom stereocenters. The lowest BCUT2D eigenvalue weighted by Gasteiger charge is -2.25. The molecule has 0 aliphatic heterocycles. The highest BCUT2D eigenvalue weighted by Gasteiger charge is 2.34. The van der Waals surface area contributed by atoms with Crippen LogP contribution in [-0.2, 0) is 21.0 Å². The highest BCUT2D eigenvalue weighted by molar-refractivity contribution is 7.99. The fourth-order valence-corrected chi connectivity index (χ4v) is 5.59. The number of amides is 1. The van der Waals surface area contributed by atoms with Crippen LogP contribution in [0.3, 0.4) is 0 Å². The maximum absolute atomic E-state index is 13.3. The van der Waals surface area contributed by atoms with E-state index in [0.717, 1.165) is 17.0 Å². The molecule has 0 aliphatic carbocycles. The van der Waals surface area contributed by atoms with Crippen molar-refractivity contribution in [3.05, 3.63) is 88.4 Å². The largest absolute Gasteiger partial charge is 0.416 e. The van der Waals surface area contributed by atoms with Gasteiger partial charge >= 0.3 is 6.18 Å². The minimum absolute atomic E-state index is 0.195. The van der Waals surface area contributed by atoms with Gasteiger partial charge in [-0.05, 0) is 54.6 Å². The Hall–Kier alpha value is -2.40. The first-order valence-electron chi connectivity index (χ1n) is 10.1. The number of halogens is 5. The van der Waals surface area contributed by atoms with E-state index in [1.165, 1.54) is 36.0 Å². The van der Waals surface area contributed by atoms with E-state index in [-0.39, 0.29) is 16.5 Å². The van der Waals surface area contributed by atoms with Crippen molar-refractivity contribution in [2.75, 3.05) is 23.1 Å². The summed E-state index contributed by atoms with van der Waals surface area (Å²) in [7, 11) is -4.41. The van der Waals surface area contributed by atoms with Gasteiger partial charge in [-0.25, -0.2) is 8.42 Å². The molecule has 1 amide bonds. The zero-order valence-electron chi connectivity index (χ0n) is 17.9. The lowest BCUT2D eigenvalue weighted by atomic mass is 10.2. The van der Waals surface area contributed by atoms with Crippen LogP contribution in [0.15, 0.2) is 82.6 Å². The van der Waals surface area contributed by atoms with E-state index in [4.69, 9.17) is 23.2 Å². The van der Waals surface area contributed by atoms with E-state index in [2.05, 4.69) is 5.32 Å². The van der Waals surface area contributed by atoms with Crippen LogP contribution in [0.5, 0.6) is 0 Å². The molecule has 3 aromatic carbocycles. The summed E-state index contributed by atoms with van der Waals surface area (Å²) in [5, 5.41) is 2.94. The van der Waals surface area contributed by atoms with Gasteiger partial charge in [0, 0.05) is 22.2 Å². The van der Waals surface area contributed by atoms with Crippen molar-refractivity contribution in [1.82, 2.24) is 5.32 Å². The normalized spacial score (nSPS) is 11.8. The van der Waals surface area contributed by atoms with Crippen LogP contribution in [-0.4, -0.2) is 33.2 Å². The second kappa shape index (κ2) is 11.6. The zero-order valence-corrected chi connectivity index (χ0v) is 21.1. The molecular formula is C23H19Cl2F3N2O3S2. The molecule has 0 saturated carbocycles. The summed E-state index contributed by atoms with van der Waals surface area (Å²) >= 11 is 13.4. The number of hydrogen-bond donors (Lipinski definition) is 1. The summed E-state index contributed by atoms with van der Waals surface area (Å²) in [6.45, 7) is -0.564. The number of thioether (sulfide) groups is 1. The van der Waals surface area contributed by atoms with Gasteiger partial charge < -0.3 is 5.32 Å². The molecule has 0 radical (unpaired) electrons. The Bertz CT molecular complexity index is 1270. The molecule has 3 aromatic rings. The lowest BCUT2D eigenvalue weighted by molar-refractivity contribution is -0.137. The molecular weight excluding hydrogens is 544 g/mol. The number of nitrogens with one attached hydrogen (secondary N) is 1. The molecule has 0 saturated heterocycles. The number of carbonyl (C=O) groups excluding carboxylic acids is 1. The summed E-state index contributed by atoms with van der Waals surface area (Å²) in [4.78, 5) is 13.4. The molecule has 1 N–H and O–H groups in total. The van der Waals surface area contributed by atoms with Crippen molar-refractivity contribution in [3.63, 3.8) is 0 Å². The first-order chi connectivity index (χ1) is 16.5. The van der Waals surface area contributed by atoms with Crippen LogP contribution in [0.4, 0.5) is 18.9 Å². The van der Waals surface area contributed by atoms with Crippen LogP contribution >= 0.6 is 35.0 Å². The maximum atomic E-state index is 13.3. The number of carbonyl (C=O) groups is 1. The average Bonchev–Trinajstić information content (AvgIpc) is 2.82. The Morgan fingerprint density at radius 1 is 0.971 bits per heavy atom. The Labute approximate surface area is 215 Å². The van der Waals surface area contributed by atoms with Gasteiger partial charge in [0.05, 0.1) is 21.2 Å². The van der Waals surface area contributed by atoms with Gasteiger partial charge in [-0.1, -0.05) is 41.4 Å². The SMILES string of the molecule is O=C(CN(c1cc(C(F)(F)F)ccc1Cl)S(=O)(=O)c1ccccc1)NCCSc1ccc(Cl)cc1. The maximum Gasteiger partial charge on any atom is 0.416 e. The molecule has 186 valence electrons. The number of nitrogens with zero attached hydrogens (tertiary/aromatic N) is 1. The van der Waals surface area contributed by atoms with Crippen LogP contribution in [0, 0.1) is 0 Å². The van der Waals surface area contributed by atoms with Crippen molar-refractivity contribution in [2.24, 2.45) is 0 Å². The Morgan fingerprint density at radius 3 is 2.26 bits per heavy atom. The van der Waals surface area contributed by atoms with Crippen molar-refractivity contribution in [3.8, 4) is 0 Å². The number of anilines is 1. The average molecular weight is 563 g/mol. The lowest BCUT2D eigenvalue weighted by Crippen LogP contribution is -2.41. The fourth-order valence-electron chi connectivity index (χ4n) is 2.98. The van der Waals surface area contributed by atoms with E-state index >= 15 is 0 Å². The van der Waals surface area contributed by atoms with Gasteiger partial charge in [-0.3, -0.25) is 9.10 Å². The van der Waals surface area contributed by atoms with Gasteiger partial charge in [0.1, 0.15) is 6.54 Å². The highest BCUT2D eigenvalue weighted by Crippen LogP contribution is 2.37. The minimum Gasteiger partial charge on any atom is -0.354 e. The van der Waals surface area contributed by atoms with Gasteiger partial charge in [-0.2, -0.15) is 13.2 Å². The van der Waals surface area contributed by atoms with Crippen LogP contribution in [0.1, 0.15) is 5.56 Å². The summed E-state index contributed by atoms with van der Waals surface area (Å²) in [5.41, 5.74) is -1.54. The number of benzene rings is 3. The van der Waals surface area contributed by atoms with Gasteiger partial charge in [0.2, 0.25) is 5.91 Å². The number of rotatable bonds is 9. The quantitative estimate of drug-likeness (QED) is 0.252. The number of sulfonamides is 1. The molecule has 35 heavy (non-hydrogen) atoms. The highest BCUT2D eigenvalue weighted by atomic mass is 35.5. The van der Waals surface area contributed by atoms with Gasteiger partial charge in [0.15, 0.2) is 0 Å². The van der Waals surface area contributed by atoms with Crippen molar-refractivity contribution in [1.29, 1.82) is 0 Å². The molecule has 3 rings (SSSR count). The van der Waals surface area contributed by atoms with E-state index < -0.39 is 39.9 Å². The molecule has 12 heteroatoms. The van der Waals surface area contributed by atoms with Crippen molar-refractivity contribution >= 4 is 56.6 Å². The Morgan fingerprint density at radius 2 is 1.63 bits per heavy atom. The zero-order chi connectivity index (χ0) is 25.6. The fraction of sp³-hybridized carbons (Fsp3) is 0.174. The number of hydrogen-bond acceptors (Lipinski definition) is 4. The second-order valence-corrected chi connectivity index (χ2v) is 11.0. The van der Waals surface area contributed by atoms with Crippen molar-refractivity contribution < 1.29 is 26.4 Å². The van der Waals surface area contributed by atoms with E-state index in [1.807, 2.05) is 12.1 Å². The molecule has 0 unspecified atom stereocenters. The molecule has 0 spiro atoms. The predicted octanol–water partition coefficient (Wildman–Crippen LogP) is 6.12. The first-order valence-corrected chi connectivity index (χ1v) is 13.3. The van der Waals surface area contributed by atoms with Crippen molar-refractivity contribution in [2.45, 2.75) is 16.0 Å². The topological polar surface area (TPSA) is 66.5 Å². The monoisotopic (exact) mass is 562 g/mol. The third-order valence-corrected chi connectivity index (χ3v) is 8.03. The first kappa shape index (κ1) is 27.2. The third kappa shape index (κ3) is 7.30. The summed E-state index contributed by atoms with van der Waals surface area (Å²) in [5.74, 6) is -0.224. The van der Waals surface area contributed by atoms with E-state index in [1.54, 1.807) is 18.2 Å². The van der Waals surface area contributed by atoms with Crippen LogP contribution in [0.2, 0.25) is 10.0 Å². The molecule has 0 fully saturated rings. The van der Waals surface area contributed by atoms with Gasteiger partial charge in [0.25, 0.3) is 10.0 Å². The predicted molar refractivity (Wildman–Crippen MR) is 133 cm³/mol. The molecule has 0 aromatic heterocycles. The van der Waals surface area contributed by atoms with Crippen LogP contribution in [0.25, 0.3) is 0 Å². The summed E-state index contributed by atoms with van der Waals surface area (Å²) in [6, 6.07) is 16.5. The smallest absolute Gasteiger partial charge is 0.354 e. The standard InChI is InChI=1S/C23H19Cl2F3N2O3S2/c24-17-7-9-18(10-8-17)34-13-12-29-22(31)15-30(35(32,33)19-4-2-1-3-5-19)21-14-16(23(26,27)28)6-11-20(21)25/h1-11,14H,12-13,15H2,(H,29,31). The molecule has 0 bridgehead atoms. The summed E-state index contributed by atoms with van der Waals surface area (Å²) < 4.78 is 67.2. The van der Waals surface area contributed by atoms with Gasteiger partial charge in [-0.15, -0.1) is 11.8 Å². The molecule has 0 aliphatic rings. The van der Waals surface area contributed by atoms with E-state index in [0.29, 0.717) is 21.1 Å². The Kier molecular flexibility index (Phi) is 8.98. The third-order valence-electron chi connectivity index (χ3n) is 4.67. The van der Waals surface area contributed by atoms with Crippen LogP contribution < -0.4 is 9.62 Å². The molecule has 0 heterocycles. The van der Waals surface area contributed by atoms with E-state index in [9.17, 15) is 26.4 Å². The second-order valence-electron chi connectivity index (χ2n) is 7.14. The molecule has 5 nitrogen and oxygen atoms in total.